The Bertz CT molecular complexity index is 588. The maximum Gasteiger partial charge on any atom is 0.251 e. The van der Waals surface area contributed by atoms with Gasteiger partial charge in [0.1, 0.15) is 5.82 Å². The van der Waals surface area contributed by atoms with Crippen LogP contribution in [-0.4, -0.2) is 33.0 Å². The van der Waals surface area contributed by atoms with Gasteiger partial charge in [-0.1, -0.05) is 0 Å². The van der Waals surface area contributed by atoms with Gasteiger partial charge in [-0.25, -0.2) is 4.98 Å². The van der Waals surface area contributed by atoms with Crippen LogP contribution in [0.1, 0.15) is 12.7 Å². The fraction of sp³-hybridized carbons (Fsp3) is 0.417. The molecule has 2 aromatic rings. The Morgan fingerprint density at radius 1 is 1.56 bits per heavy atom. The fourth-order valence-corrected chi connectivity index (χ4v) is 1.66. The van der Waals surface area contributed by atoms with Crippen LogP contribution in [0.5, 0.6) is 0 Å². The van der Waals surface area contributed by atoms with E-state index < -0.39 is 0 Å². The van der Waals surface area contributed by atoms with Crippen LogP contribution in [0, 0.1) is 0 Å². The lowest BCUT2D eigenvalue weighted by molar-refractivity contribution is 0.117. The average Bonchev–Trinajstić information content (AvgIpc) is 2.75. The van der Waals surface area contributed by atoms with Gasteiger partial charge in [0.05, 0.1) is 18.0 Å². The summed E-state index contributed by atoms with van der Waals surface area (Å²) in [5.41, 5.74) is 1.29. The van der Waals surface area contributed by atoms with E-state index >= 15 is 0 Å². The third-order valence-corrected chi connectivity index (χ3v) is 2.67. The number of hydrogen-bond donors (Lipinski definition) is 1. The first-order valence-corrected chi connectivity index (χ1v) is 5.70. The molecule has 2 heterocycles. The van der Waals surface area contributed by atoms with Gasteiger partial charge >= 0.3 is 0 Å². The van der Waals surface area contributed by atoms with Gasteiger partial charge in [-0.15, -0.1) is 0 Å². The summed E-state index contributed by atoms with van der Waals surface area (Å²) < 4.78 is 6.84. The van der Waals surface area contributed by atoms with Crippen LogP contribution in [-0.2, 0) is 18.2 Å². The molecule has 0 spiro atoms. The zero-order valence-corrected chi connectivity index (χ0v) is 10.7. The molecule has 0 aliphatic rings. The Balaban J connectivity index is 2.35. The molecule has 0 fully saturated rings. The highest BCUT2D eigenvalue weighted by molar-refractivity contribution is 5.56. The van der Waals surface area contributed by atoms with E-state index in [-0.39, 0.29) is 11.7 Å². The summed E-state index contributed by atoms with van der Waals surface area (Å²) in [7, 11) is 3.46. The Hall–Kier alpha value is -1.95. The predicted molar refractivity (Wildman–Crippen MR) is 67.2 cm³/mol. The van der Waals surface area contributed by atoms with E-state index in [1.807, 2.05) is 20.2 Å². The molecule has 1 N–H and O–H groups in total. The number of methoxy groups -OCH3 is 1. The number of nitrogens with zero attached hydrogens (tertiary/aromatic N) is 3. The molecule has 18 heavy (non-hydrogen) atoms. The lowest BCUT2D eigenvalue weighted by Crippen LogP contribution is -2.17. The topological polar surface area (TPSA) is 72.8 Å². The van der Waals surface area contributed by atoms with Crippen molar-refractivity contribution in [2.24, 2.45) is 7.05 Å². The summed E-state index contributed by atoms with van der Waals surface area (Å²) in [6, 6.07) is 1.47. The number of aromatic nitrogens is 4. The summed E-state index contributed by atoms with van der Waals surface area (Å²) in [5, 5.41) is 4.07. The molecule has 0 bridgehead atoms. The Morgan fingerprint density at radius 2 is 2.33 bits per heavy atom. The van der Waals surface area contributed by atoms with Crippen LogP contribution in [0.4, 0.5) is 0 Å². The van der Waals surface area contributed by atoms with Crippen molar-refractivity contribution in [1.82, 2.24) is 19.7 Å². The third-order valence-electron chi connectivity index (χ3n) is 2.67. The SMILES string of the molecule is COC(C)Cc1nc(-c2cnn(C)c2)cc(=O)[nH]1. The molecule has 1 unspecified atom stereocenters. The van der Waals surface area contributed by atoms with Gasteiger partial charge in [-0.3, -0.25) is 9.48 Å². The van der Waals surface area contributed by atoms with Crippen LogP contribution >= 0.6 is 0 Å². The van der Waals surface area contributed by atoms with Crippen LogP contribution in [0.3, 0.4) is 0 Å². The average molecular weight is 248 g/mol. The molecule has 2 aromatic heterocycles. The highest BCUT2D eigenvalue weighted by atomic mass is 16.5. The van der Waals surface area contributed by atoms with Crippen molar-refractivity contribution in [3.8, 4) is 11.3 Å². The van der Waals surface area contributed by atoms with E-state index in [9.17, 15) is 4.79 Å². The maximum atomic E-state index is 11.6. The highest BCUT2D eigenvalue weighted by Crippen LogP contribution is 2.13. The van der Waals surface area contributed by atoms with Gasteiger partial charge in [0.25, 0.3) is 5.56 Å². The largest absolute Gasteiger partial charge is 0.381 e. The first-order chi connectivity index (χ1) is 8.58. The van der Waals surface area contributed by atoms with E-state index in [0.717, 1.165) is 5.56 Å². The van der Waals surface area contributed by atoms with E-state index in [2.05, 4.69) is 15.1 Å². The molecule has 96 valence electrons. The summed E-state index contributed by atoms with van der Waals surface area (Å²) in [4.78, 5) is 18.7. The molecule has 6 nitrogen and oxygen atoms in total. The predicted octanol–water partition coefficient (Wildman–Crippen LogP) is 0.748. The zero-order chi connectivity index (χ0) is 13.1. The molecule has 0 saturated heterocycles. The lowest BCUT2D eigenvalue weighted by Gasteiger charge is -2.08. The molecule has 0 amide bonds. The number of rotatable bonds is 4. The van der Waals surface area contributed by atoms with Gasteiger partial charge in [-0.2, -0.15) is 5.10 Å². The van der Waals surface area contributed by atoms with Gasteiger partial charge in [0.2, 0.25) is 0 Å². The van der Waals surface area contributed by atoms with E-state index in [1.165, 1.54) is 6.07 Å². The van der Waals surface area contributed by atoms with Gasteiger partial charge < -0.3 is 9.72 Å². The van der Waals surface area contributed by atoms with Gasteiger partial charge in [0.15, 0.2) is 0 Å². The third kappa shape index (κ3) is 2.84. The lowest BCUT2D eigenvalue weighted by atomic mass is 10.2. The molecule has 0 saturated carbocycles. The highest BCUT2D eigenvalue weighted by Gasteiger charge is 2.08. The number of aromatic amines is 1. The van der Waals surface area contributed by atoms with Crippen molar-refractivity contribution in [2.45, 2.75) is 19.4 Å². The normalized spacial score (nSPS) is 12.6. The minimum atomic E-state index is -0.165. The second-order valence-corrected chi connectivity index (χ2v) is 4.23. The van der Waals surface area contributed by atoms with Crippen molar-refractivity contribution in [3.05, 3.63) is 34.6 Å². The quantitative estimate of drug-likeness (QED) is 0.866. The van der Waals surface area contributed by atoms with Gasteiger partial charge in [0, 0.05) is 38.4 Å². The first-order valence-electron chi connectivity index (χ1n) is 5.70. The molecular weight excluding hydrogens is 232 g/mol. The molecule has 0 aromatic carbocycles. The summed E-state index contributed by atoms with van der Waals surface area (Å²) >= 11 is 0. The zero-order valence-electron chi connectivity index (χ0n) is 10.7. The summed E-state index contributed by atoms with van der Waals surface area (Å²) in [5.74, 6) is 0.621. The van der Waals surface area contributed by atoms with Crippen molar-refractivity contribution in [1.29, 1.82) is 0 Å². The van der Waals surface area contributed by atoms with Crippen LogP contribution < -0.4 is 5.56 Å². The molecule has 0 radical (unpaired) electrons. The van der Waals surface area contributed by atoms with Crippen molar-refractivity contribution in [3.63, 3.8) is 0 Å². The number of hydrogen-bond acceptors (Lipinski definition) is 4. The van der Waals surface area contributed by atoms with Crippen LogP contribution in [0.25, 0.3) is 11.3 Å². The van der Waals surface area contributed by atoms with Crippen molar-refractivity contribution >= 4 is 0 Å². The summed E-state index contributed by atoms with van der Waals surface area (Å²) in [6.45, 7) is 1.93. The molecule has 6 heteroatoms. The minimum Gasteiger partial charge on any atom is -0.381 e. The summed E-state index contributed by atoms with van der Waals surface area (Å²) in [6.07, 6.45) is 4.09. The second kappa shape index (κ2) is 5.14. The number of H-pyrrole nitrogens is 1. The van der Waals surface area contributed by atoms with Crippen LogP contribution in [0.2, 0.25) is 0 Å². The Labute approximate surface area is 105 Å². The van der Waals surface area contributed by atoms with E-state index in [0.29, 0.717) is 17.9 Å². The smallest absolute Gasteiger partial charge is 0.251 e. The monoisotopic (exact) mass is 248 g/mol. The number of nitrogens with one attached hydrogen (secondary N) is 1. The Morgan fingerprint density at radius 3 is 2.94 bits per heavy atom. The fourth-order valence-electron chi connectivity index (χ4n) is 1.66. The Kier molecular flexibility index (Phi) is 3.57. The standard InChI is InChI=1S/C12H16N4O2/c1-8(18-3)4-11-14-10(5-12(17)15-11)9-6-13-16(2)7-9/h5-8H,4H2,1-3H3,(H,14,15,17). The van der Waals surface area contributed by atoms with E-state index in [4.69, 9.17) is 4.74 Å². The molecule has 1 atom stereocenters. The van der Waals surface area contributed by atoms with Crippen LogP contribution in [0.15, 0.2) is 23.3 Å². The molecular formula is C12H16N4O2. The molecule has 2 rings (SSSR count). The van der Waals surface area contributed by atoms with Crippen molar-refractivity contribution in [2.75, 3.05) is 7.11 Å². The number of ether oxygens (including phenoxy) is 1. The first kappa shape index (κ1) is 12.5. The van der Waals surface area contributed by atoms with Gasteiger partial charge in [-0.05, 0) is 6.92 Å². The minimum absolute atomic E-state index is 0.0114. The molecule has 0 aliphatic carbocycles. The maximum absolute atomic E-state index is 11.6. The van der Waals surface area contributed by atoms with E-state index in [1.54, 1.807) is 18.0 Å². The number of aryl methyl sites for hydroxylation is 1. The van der Waals surface area contributed by atoms with Crippen molar-refractivity contribution < 1.29 is 4.74 Å². The molecule has 0 aliphatic heterocycles. The second-order valence-electron chi connectivity index (χ2n) is 4.23.